The lowest BCUT2D eigenvalue weighted by Crippen LogP contribution is -2.44. The maximum atomic E-state index is 12.6. The van der Waals surface area contributed by atoms with Crippen molar-refractivity contribution in [3.63, 3.8) is 0 Å². The standard InChI is InChI=1S/C22H31N3O2/c1-6-25(16-19-7-11-20(12-8-19)24(3)4)17(2)22(26)23-15-18-9-13-21(27-5)14-10-18/h7-14,17H,6,15-16H2,1-5H3,(H,23,26)/t17-/m1/s1. The quantitative estimate of drug-likeness (QED) is 0.737. The molecule has 1 atom stereocenters. The largest absolute Gasteiger partial charge is 0.497 e. The van der Waals surface area contributed by atoms with Crippen LogP contribution in [0, 0.1) is 0 Å². The number of anilines is 1. The van der Waals surface area contributed by atoms with Gasteiger partial charge in [-0.3, -0.25) is 9.69 Å². The topological polar surface area (TPSA) is 44.8 Å². The number of nitrogens with one attached hydrogen (secondary N) is 1. The summed E-state index contributed by atoms with van der Waals surface area (Å²) in [4.78, 5) is 16.8. The molecule has 0 aliphatic carbocycles. The Hall–Kier alpha value is -2.53. The third kappa shape index (κ3) is 6.00. The van der Waals surface area contributed by atoms with E-state index in [0.29, 0.717) is 6.54 Å². The van der Waals surface area contributed by atoms with E-state index in [-0.39, 0.29) is 11.9 Å². The summed E-state index contributed by atoms with van der Waals surface area (Å²) >= 11 is 0. The van der Waals surface area contributed by atoms with Crippen molar-refractivity contribution in [1.29, 1.82) is 0 Å². The van der Waals surface area contributed by atoms with Gasteiger partial charge in [-0.1, -0.05) is 31.2 Å². The molecule has 146 valence electrons. The molecule has 0 saturated carbocycles. The van der Waals surface area contributed by atoms with Crippen LogP contribution in [0.15, 0.2) is 48.5 Å². The number of likely N-dealkylation sites (N-methyl/N-ethyl adjacent to an activating group) is 1. The fraction of sp³-hybridized carbons (Fsp3) is 0.409. The molecule has 5 nitrogen and oxygen atoms in total. The van der Waals surface area contributed by atoms with Gasteiger partial charge in [0, 0.05) is 32.9 Å². The molecule has 2 aromatic carbocycles. The number of amides is 1. The molecule has 2 aromatic rings. The van der Waals surface area contributed by atoms with Gasteiger partial charge in [-0.2, -0.15) is 0 Å². The fourth-order valence-corrected chi connectivity index (χ4v) is 2.90. The van der Waals surface area contributed by atoms with Crippen LogP contribution in [0.5, 0.6) is 5.75 Å². The van der Waals surface area contributed by atoms with Crippen molar-refractivity contribution in [3.05, 3.63) is 59.7 Å². The zero-order valence-corrected chi connectivity index (χ0v) is 17.0. The van der Waals surface area contributed by atoms with Gasteiger partial charge in [0.25, 0.3) is 0 Å². The fourth-order valence-electron chi connectivity index (χ4n) is 2.90. The molecule has 0 spiro atoms. The molecular formula is C22H31N3O2. The Morgan fingerprint density at radius 3 is 2.15 bits per heavy atom. The molecule has 1 amide bonds. The first-order valence-electron chi connectivity index (χ1n) is 9.35. The third-order valence-electron chi connectivity index (χ3n) is 4.80. The van der Waals surface area contributed by atoms with E-state index >= 15 is 0 Å². The lowest BCUT2D eigenvalue weighted by atomic mass is 10.1. The van der Waals surface area contributed by atoms with Crippen LogP contribution >= 0.6 is 0 Å². The number of ether oxygens (including phenoxy) is 1. The Morgan fingerprint density at radius 2 is 1.63 bits per heavy atom. The summed E-state index contributed by atoms with van der Waals surface area (Å²) in [6, 6.07) is 16.0. The van der Waals surface area contributed by atoms with Crippen LogP contribution in [0.2, 0.25) is 0 Å². The van der Waals surface area contributed by atoms with Crippen molar-refractivity contribution >= 4 is 11.6 Å². The van der Waals surface area contributed by atoms with Crippen molar-refractivity contribution in [1.82, 2.24) is 10.2 Å². The van der Waals surface area contributed by atoms with Gasteiger partial charge in [-0.05, 0) is 48.9 Å². The zero-order valence-electron chi connectivity index (χ0n) is 17.0. The molecule has 0 heterocycles. The van der Waals surface area contributed by atoms with E-state index in [1.54, 1.807) is 7.11 Å². The van der Waals surface area contributed by atoms with E-state index < -0.39 is 0 Å². The van der Waals surface area contributed by atoms with Gasteiger partial charge < -0.3 is 15.0 Å². The smallest absolute Gasteiger partial charge is 0.237 e. The van der Waals surface area contributed by atoms with Crippen LogP contribution in [0.1, 0.15) is 25.0 Å². The minimum atomic E-state index is -0.193. The average molecular weight is 370 g/mol. The molecule has 0 aliphatic heterocycles. The van der Waals surface area contributed by atoms with E-state index in [1.165, 1.54) is 11.3 Å². The normalized spacial score (nSPS) is 11.9. The first kappa shape index (κ1) is 20.8. The van der Waals surface area contributed by atoms with Gasteiger partial charge in [0.05, 0.1) is 13.2 Å². The van der Waals surface area contributed by atoms with Crippen molar-refractivity contribution in [2.45, 2.75) is 33.0 Å². The molecule has 5 heteroatoms. The van der Waals surface area contributed by atoms with Crippen LogP contribution < -0.4 is 15.0 Å². The molecule has 27 heavy (non-hydrogen) atoms. The summed E-state index contributed by atoms with van der Waals surface area (Å²) in [6.07, 6.45) is 0. The highest BCUT2D eigenvalue weighted by Gasteiger charge is 2.20. The number of methoxy groups -OCH3 is 1. The molecule has 0 fully saturated rings. The van der Waals surface area contributed by atoms with Crippen LogP contribution in [0.3, 0.4) is 0 Å². The van der Waals surface area contributed by atoms with E-state index in [9.17, 15) is 4.79 Å². The monoisotopic (exact) mass is 369 g/mol. The second kappa shape index (κ2) is 9.97. The Balaban J connectivity index is 1.91. The van der Waals surface area contributed by atoms with E-state index in [4.69, 9.17) is 4.74 Å². The van der Waals surface area contributed by atoms with Crippen LogP contribution in [0.4, 0.5) is 5.69 Å². The van der Waals surface area contributed by atoms with Crippen LogP contribution in [0.25, 0.3) is 0 Å². The van der Waals surface area contributed by atoms with E-state index in [1.807, 2.05) is 45.3 Å². The average Bonchev–Trinajstić information content (AvgIpc) is 2.70. The minimum Gasteiger partial charge on any atom is -0.497 e. The number of hydrogen-bond acceptors (Lipinski definition) is 4. The molecular weight excluding hydrogens is 338 g/mol. The molecule has 0 aliphatic rings. The summed E-state index contributed by atoms with van der Waals surface area (Å²) in [5, 5.41) is 3.03. The highest BCUT2D eigenvalue weighted by molar-refractivity contribution is 5.81. The highest BCUT2D eigenvalue weighted by atomic mass is 16.5. The van der Waals surface area contributed by atoms with E-state index in [2.05, 4.69) is 46.3 Å². The molecule has 0 radical (unpaired) electrons. The number of nitrogens with zero attached hydrogens (tertiary/aromatic N) is 2. The number of carbonyl (C=O) groups excluding carboxylic acids is 1. The highest BCUT2D eigenvalue weighted by Crippen LogP contribution is 2.15. The number of benzene rings is 2. The van der Waals surface area contributed by atoms with Crippen molar-refractivity contribution < 1.29 is 9.53 Å². The van der Waals surface area contributed by atoms with Crippen LogP contribution in [-0.4, -0.2) is 44.6 Å². The predicted molar refractivity (Wildman–Crippen MR) is 111 cm³/mol. The Morgan fingerprint density at radius 1 is 1.04 bits per heavy atom. The van der Waals surface area contributed by atoms with Crippen molar-refractivity contribution in [2.24, 2.45) is 0 Å². The summed E-state index contributed by atoms with van der Waals surface area (Å²) in [6.45, 7) is 6.12. The molecule has 2 rings (SSSR count). The lowest BCUT2D eigenvalue weighted by molar-refractivity contribution is -0.126. The molecule has 0 aromatic heterocycles. The second-order valence-corrected chi connectivity index (χ2v) is 6.87. The Kier molecular flexibility index (Phi) is 7.67. The van der Waals surface area contributed by atoms with Gasteiger partial charge in [0.2, 0.25) is 5.91 Å². The Labute approximate surface area is 162 Å². The summed E-state index contributed by atoms with van der Waals surface area (Å²) in [5.74, 6) is 0.855. The maximum Gasteiger partial charge on any atom is 0.237 e. The summed E-state index contributed by atoms with van der Waals surface area (Å²) in [7, 11) is 5.71. The number of carbonyl (C=O) groups is 1. The minimum absolute atomic E-state index is 0.0394. The first-order chi connectivity index (χ1) is 12.9. The molecule has 0 saturated heterocycles. The lowest BCUT2D eigenvalue weighted by Gasteiger charge is -2.27. The van der Waals surface area contributed by atoms with Gasteiger partial charge in [0.15, 0.2) is 0 Å². The SMILES string of the molecule is CCN(Cc1ccc(N(C)C)cc1)[C@H](C)C(=O)NCc1ccc(OC)cc1. The summed E-state index contributed by atoms with van der Waals surface area (Å²) in [5.41, 5.74) is 3.43. The van der Waals surface area contributed by atoms with Crippen molar-refractivity contribution in [3.8, 4) is 5.75 Å². The van der Waals surface area contributed by atoms with Gasteiger partial charge >= 0.3 is 0 Å². The van der Waals surface area contributed by atoms with Gasteiger partial charge in [-0.15, -0.1) is 0 Å². The number of hydrogen-bond donors (Lipinski definition) is 1. The molecule has 1 N–H and O–H groups in total. The number of rotatable bonds is 9. The first-order valence-corrected chi connectivity index (χ1v) is 9.35. The molecule has 0 unspecified atom stereocenters. The predicted octanol–water partition coefficient (Wildman–Crippen LogP) is 3.29. The third-order valence-corrected chi connectivity index (χ3v) is 4.80. The maximum absolute atomic E-state index is 12.6. The van der Waals surface area contributed by atoms with Gasteiger partial charge in [-0.25, -0.2) is 0 Å². The molecule has 0 bridgehead atoms. The second-order valence-electron chi connectivity index (χ2n) is 6.87. The van der Waals surface area contributed by atoms with E-state index in [0.717, 1.165) is 24.4 Å². The van der Waals surface area contributed by atoms with Gasteiger partial charge in [0.1, 0.15) is 5.75 Å². The van der Waals surface area contributed by atoms with Crippen molar-refractivity contribution in [2.75, 3.05) is 32.6 Å². The zero-order chi connectivity index (χ0) is 19.8. The Bertz CT molecular complexity index is 711. The summed E-state index contributed by atoms with van der Waals surface area (Å²) < 4.78 is 5.16. The van der Waals surface area contributed by atoms with Crippen LogP contribution in [-0.2, 0) is 17.9 Å².